The predicted octanol–water partition coefficient (Wildman–Crippen LogP) is 0.223. The van der Waals surface area contributed by atoms with E-state index in [0.717, 1.165) is 38.5 Å². The quantitative estimate of drug-likeness (QED) is 0.687. The summed E-state index contributed by atoms with van der Waals surface area (Å²) in [5, 5.41) is 2.75. The Kier molecular flexibility index (Phi) is 5.18. The van der Waals surface area contributed by atoms with Gasteiger partial charge in [0, 0.05) is 32.1 Å². The third-order valence-electron chi connectivity index (χ3n) is 3.56. The van der Waals surface area contributed by atoms with E-state index < -0.39 is 10.2 Å². The molecule has 2 rings (SSSR count). The Morgan fingerprint density at radius 2 is 1.68 bits per heavy atom. The van der Waals surface area contributed by atoms with Gasteiger partial charge >= 0.3 is 0 Å². The molecule has 1 saturated carbocycles. The summed E-state index contributed by atoms with van der Waals surface area (Å²) < 4.78 is 28.1. The smallest absolute Gasteiger partial charge is 0.279 e. The maximum absolute atomic E-state index is 12.0. The van der Waals surface area contributed by atoms with E-state index in [0.29, 0.717) is 19.6 Å². The van der Waals surface area contributed by atoms with Gasteiger partial charge < -0.3 is 5.32 Å². The van der Waals surface area contributed by atoms with Crippen molar-refractivity contribution < 1.29 is 13.2 Å². The molecule has 2 aliphatic rings. The summed E-state index contributed by atoms with van der Waals surface area (Å²) in [7, 11) is -3.38. The van der Waals surface area contributed by atoms with Crippen molar-refractivity contribution in [1.29, 1.82) is 0 Å². The minimum atomic E-state index is -3.38. The lowest BCUT2D eigenvalue weighted by Gasteiger charge is -2.20. The molecule has 0 radical (unpaired) electrons. The summed E-state index contributed by atoms with van der Waals surface area (Å²) in [6.45, 7) is 1.83. The van der Waals surface area contributed by atoms with Crippen molar-refractivity contribution >= 4 is 16.1 Å². The molecule has 7 heteroatoms. The number of rotatable bonds is 6. The molecule has 1 amide bonds. The number of amides is 1. The van der Waals surface area contributed by atoms with E-state index in [9.17, 15) is 13.2 Å². The minimum absolute atomic E-state index is 0.0500. The summed E-state index contributed by atoms with van der Waals surface area (Å²) in [6, 6.07) is 0. The maximum Gasteiger partial charge on any atom is 0.279 e. The molecule has 0 aromatic carbocycles. The summed E-state index contributed by atoms with van der Waals surface area (Å²) in [6.07, 6.45) is 5.99. The van der Waals surface area contributed by atoms with E-state index in [4.69, 9.17) is 0 Å². The SMILES string of the molecule is O=C(NCCNS(=O)(=O)N1CCCCCC1)C1CC1. The van der Waals surface area contributed by atoms with Crippen LogP contribution in [0.3, 0.4) is 0 Å². The molecular weight excluding hydrogens is 266 g/mol. The van der Waals surface area contributed by atoms with Gasteiger partial charge in [0.1, 0.15) is 0 Å². The molecule has 2 fully saturated rings. The van der Waals surface area contributed by atoms with Crippen LogP contribution in [0.1, 0.15) is 38.5 Å². The molecule has 19 heavy (non-hydrogen) atoms. The lowest BCUT2D eigenvalue weighted by atomic mass is 10.2. The number of carbonyl (C=O) groups excluding carboxylic acids is 1. The van der Waals surface area contributed by atoms with E-state index >= 15 is 0 Å². The van der Waals surface area contributed by atoms with E-state index in [1.807, 2.05) is 0 Å². The Morgan fingerprint density at radius 1 is 1.05 bits per heavy atom. The van der Waals surface area contributed by atoms with Crippen LogP contribution in [0.25, 0.3) is 0 Å². The monoisotopic (exact) mass is 289 g/mol. The van der Waals surface area contributed by atoms with Crippen LogP contribution in [0.2, 0.25) is 0 Å². The first-order chi connectivity index (χ1) is 9.09. The molecule has 2 N–H and O–H groups in total. The van der Waals surface area contributed by atoms with Gasteiger partial charge in [0.05, 0.1) is 0 Å². The van der Waals surface area contributed by atoms with Crippen LogP contribution in [0.15, 0.2) is 0 Å². The molecule has 0 bridgehead atoms. The van der Waals surface area contributed by atoms with E-state index in [2.05, 4.69) is 10.0 Å². The van der Waals surface area contributed by atoms with Gasteiger partial charge in [-0.25, -0.2) is 4.72 Å². The number of carbonyl (C=O) groups is 1. The van der Waals surface area contributed by atoms with Gasteiger partial charge in [0.25, 0.3) is 10.2 Å². The highest BCUT2D eigenvalue weighted by Crippen LogP contribution is 2.28. The molecule has 1 saturated heterocycles. The van der Waals surface area contributed by atoms with Crippen LogP contribution in [0.4, 0.5) is 0 Å². The van der Waals surface area contributed by atoms with E-state index in [1.165, 1.54) is 4.31 Å². The summed E-state index contributed by atoms with van der Waals surface area (Å²) in [4.78, 5) is 11.4. The predicted molar refractivity (Wildman–Crippen MR) is 72.7 cm³/mol. The molecule has 1 heterocycles. The summed E-state index contributed by atoms with van der Waals surface area (Å²) >= 11 is 0. The molecular formula is C12H23N3O3S. The Bertz CT molecular complexity index is 398. The third-order valence-corrected chi connectivity index (χ3v) is 5.18. The first-order valence-electron chi connectivity index (χ1n) is 7.12. The van der Waals surface area contributed by atoms with Gasteiger partial charge in [-0.05, 0) is 25.7 Å². The molecule has 0 aromatic heterocycles. The fraction of sp³-hybridized carbons (Fsp3) is 0.917. The van der Waals surface area contributed by atoms with Crippen molar-refractivity contribution in [2.45, 2.75) is 38.5 Å². The highest BCUT2D eigenvalue weighted by molar-refractivity contribution is 7.87. The molecule has 110 valence electrons. The van der Waals surface area contributed by atoms with E-state index in [1.54, 1.807) is 0 Å². The number of nitrogens with one attached hydrogen (secondary N) is 2. The van der Waals surface area contributed by atoms with Crippen LogP contribution in [-0.2, 0) is 15.0 Å². The molecule has 0 atom stereocenters. The Balaban J connectivity index is 1.68. The van der Waals surface area contributed by atoms with Gasteiger partial charge in [-0.1, -0.05) is 12.8 Å². The number of hydrogen-bond donors (Lipinski definition) is 2. The Hall–Kier alpha value is -0.660. The van der Waals surface area contributed by atoms with Gasteiger partial charge in [-0.15, -0.1) is 0 Å². The summed E-state index contributed by atoms with van der Waals surface area (Å²) in [5.74, 6) is 0.219. The highest BCUT2D eigenvalue weighted by Gasteiger charge is 2.29. The zero-order chi connectivity index (χ0) is 13.7. The van der Waals surface area contributed by atoms with Gasteiger partial charge in [-0.2, -0.15) is 12.7 Å². The fourth-order valence-electron chi connectivity index (χ4n) is 2.23. The van der Waals surface area contributed by atoms with E-state index in [-0.39, 0.29) is 18.4 Å². The third kappa shape index (κ3) is 4.74. The van der Waals surface area contributed by atoms with Crippen molar-refractivity contribution in [1.82, 2.24) is 14.3 Å². The van der Waals surface area contributed by atoms with Gasteiger partial charge in [-0.3, -0.25) is 4.79 Å². The van der Waals surface area contributed by atoms with Crippen LogP contribution < -0.4 is 10.0 Å². The average Bonchev–Trinajstić information content (AvgIpc) is 3.18. The zero-order valence-electron chi connectivity index (χ0n) is 11.2. The van der Waals surface area contributed by atoms with Crippen molar-refractivity contribution in [3.63, 3.8) is 0 Å². The molecule has 6 nitrogen and oxygen atoms in total. The van der Waals surface area contributed by atoms with Crippen molar-refractivity contribution in [3.05, 3.63) is 0 Å². The standard InChI is InChI=1S/C12H23N3O3S/c16-12(11-5-6-11)13-7-8-14-19(17,18)15-9-3-1-2-4-10-15/h11,14H,1-10H2,(H,13,16). The number of hydrogen-bond acceptors (Lipinski definition) is 3. The van der Waals surface area contributed by atoms with Gasteiger partial charge in [0.15, 0.2) is 0 Å². The second-order valence-electron chi connectivity index (χ2n) is 5.28. The lowest BCUT2D eigenvalue weighted by Crippen LogP contribution is -2.44. The first-order valence-corrected chi connectivity index (χ1v) is 8.56. The molecule has 0 spiro atoms. The Labute approximate surface area is 115 Å². The molecule has 0 aromatic rings. The second-order valence-corrected chi connectivity index (χ2v) is 7.03. The van der Waals surface area contributed by atoms with Crippen molar-refractivity contribution in [3.8, 4) is 0 Å². The van der Waals surface area contributed by atoms with Crippen LogP contribution in [0.5, 0.6) is 0 Å². The summed E-state index contributed by atoms with van der Waals surface area (Å²) in [5.41, 5.74) is 0. The van der Waals surface area contributed by atoms with Crippen molar-refractivity contribution in [2.75, 3.05) is 26.2 Å². The molecule has 1 aliphatic carbocycles. The van der Waals surface area contributed by atoms with Gasteiger partial charge in [0.2, 0.25) is 5.91 Å². The second kappa shape index (κ2) is 6.67. The minimum Gasteiger partial charge on any atom is -0.355 e. The highest BCUT2D eigenvalue weighted by atomic mass is 32.2. The molecule has 0 unspecified atom stereocenters. The first kappa shape index (κ1) is 14.7. The fourth-order valence-corrected chi connectivity index (χ4v) is 3.51. The largest absolute Gasteiger partial charge is 0.355 e. The van der Waals surface area contributed by atoms with Crippen molar-refractivity contribution in [2.24, 2.45) is 5.92 Å². The average molecular weight is 289 g/mol. The Morgan fingerprint density at radius 3 is 2.26 bits per heavy atom. The van der Waals surface area contributed by atoms with Crippen LogP contribution >= 0.6 is 0 Å². The maximum atomic E-state index is 12.0. The van der Waals surface area contributed by atoms with Crippen LogP contribution in [0, 0.1) is 5.92 Å². The van der Waals surface area contributed by atoms with Crippen LogP contribution in [-0.4, -0.2) is 44.8 Å². The topological polar surface area (TPSA) is 78.5 Å². The molecule has 1 aliphatic heterocycles. The number of nitrogens with zero attached hydrogens (tertiary/aromatic N) is 1. The normalized spacial score (nSPS) is 21.9. The lowest BCUT2D eigenvalue weighted by molar-refractivity contribution is -0.122. The zero-order valence-corrected chi connectivity index (χ0v) is 12.0.